The van der Waals surface area contributed by atoms with Crippen LogP contribution in [0.1, 0.15) is 0 Å². The Hall–Kier alpha value is -2.44. The molecule has 0 saturated carbocycles. The Morgan fingerprint density at radius 3 is 2.61 bits per heavy atom. The van der Waals surface area contributed by atoms with Crippen LogP contribution < -0.4 is 16.0 Å². The van der Waals surface area contributed by atoms with Gasteiger partial charge in [0.1, 0.15) is 0 Å². The van der Waals surface area contributed by atoms with Gasteiger partial charge in [-0.3, -0.25) is 9.59 Å². The van der Waals surface area contributed by atoms with Gasteiger partial charge >= 0.3 is 0 Å². The molecule has 122 valence electrons. The molecule has 6 nitrogen and oxygen atoms in total. The Labute approximate surface area is 135 Å². The quantitative estimate of drug-likeness (QED) is 0.638. The number of fused-ring (bicyclic) bond motifs is 1. The van der Waals surface area contributed by atoms with Gasteiger partial charge in [-0.1, -0.05) is 36.4 Å². The van der Waals surface area contributed by atoms with E-state index >= 15 is 0 Å². The van der Waals surface area contributed by atoms with Crippen LogP contribution in [0.4, 0.5) is 5.69 Å². The summed E-state index contributed by atoms with van der Waals surface area (Å²) < 4.78 is 4.87. The zero-order valence-electron chi connectivity index (χ0n) is 13.1. The molecule has 0 aliphatic carbocycles. The third-order valence-corrected chi connectivity index (χ3v) is 3.28. The van der Waals surface area contributed by atoms with E-state index in [0.29, 0.717) is 13.2 Å². The minimum atomic E-state index is -0.258. The molecule has 0 saturated heterocycles. The van der Waals surface area contributed by atoms with Crippen LogP contribution in [0, 0.1) is 0 Å². The topological polar surface area (TPSA) is 79.5 Å². The third-order valence-electron chi connectivity index (χ3n) is 3.28. The fraction of sp³-hybridized carbons (Fsp3) is 0.294. The number of nitrogens with one attached hydrogen (secondary N) is 3. The van der Waals surface area contributed by atoms with E-state index in [4.69, 9.17) is 4.74 Å². The number of ether oxygens (including phenoxy) is 1. The molecule has 6 heteroatoms. The lowest BCUT2D eigenvalue weighted by molar-refractivity contribution is -0.123. The van der Waals surface area contributed by atoms with E-state index in [1.807, 2.05) is 42.5 Å². The maximum Gasteiger partial charge on any atom is 0.243 e. The van der Waals surface area contributed by atoms with Crippen molar-refractivity contribution in [3.8, 4) is 0 Å². The van der Waals surface area contributed by atoms with Crippen molar-refractivity contribution in [1.82, 2.24) is 10.6 Å². The molecule has 0 aromatic heterocycles. The van der Waals surface area contributed by atoms with Crippen molar-refractivity contribution >= 4 is 28.3 Å². The van der Waals surface area contributed by atoms with Crippen molar-refractivity contribution in [2.24, 2.45) is 0 Å². The van der Waals surface area contributed by atoms with Gasteiger partial charge in [0.05, 0.1) is 19.7 Å². The third kappa shape index (κ3) is 5.36. The van der Waals surface area contributed by atoms with Crippen molar-refractivity contribution in [2.75, 3.05) is 38.7 Å². The Kier molecular flexibility index (Phi) is 6.53. The summed E-state index contributed by atoms with van der Waals surface area (Å²) in [5.74, 6) is -0.485. The number of carbonyl (C=O) groups is 2. The Morgan fingerprint density at radius 2 is 1.78 bits per heavy atom. The molecule has 0 fully saturated rings. The Bertz CT molecular complexity index is 668. The summed E-state index contributed by atoms with van der Waals surface area (Å²) in [6.45, 7) is 1.22. The van der Waals surface area contributed by atoms with Gasteiger partial charge in [0.2, 0.25) is 11.8 Å². The SMILES string of the molecule is COCCNCC(=O)NCC(=O)Nc1cccc2ccccc12. The minimum absolute atomic E-state index is 0.0615. The first-order valence-electron chi connectivity index (χ1n) is 7.44. The summed E-state index contributed by atoms with van der Waals surface area (Å²) in [7, 11) is 1.60. The summed E-state index contributed by atoms with van der Waals surface area (Å²) in [5.41, 5.74) is 0.737. The van der Waals surface area contributed by atoms with E-state index in [1.54, 1.807) is 7.11 Å². The van der Waals surface area contributed by atoms with E-state index in [2.05, 4.69) is 16.0 Å². The second-order valence-electron chi connectivity index (χ2n) is 5.02. The van der Waals surface area contributed by atoms with Crippen molar-refractivity contribution in [2.45, 2.75) is 0 Å². The molecule has 2 amide bonds. The number of hydrogen-bond donors (Lipinski definition) is 3. The van der Waals surface area contributed by atoms with Gasteiger partial charge in [-0.05, 0) is 11.5 Å². The van der Waals surface area contributed by atoms with Gasteiger partial charge in [0.25, 0.3) is 0 Å². The number of benzene rings is 2. The number of carbonyl (C=O) groups excluding carboxylic acids is 2. The lowest BCUT2D eigenvalue weighted by Crippen LogP contribution is -2.39. The molecular formula is C17H21N3O3. The largest absolute Gasteiger partial charge is 0.383 e. The number of hydrogen-bond acceptors (Lipinski definition) is 4. The van der Waals surface area contributed by atoms with Crippen LogP contribution in [-0.2, 0) is 14.3 Å². The standard InChI is InChI=1S/C17H21N3O3/c1-23-10-9-18-11-16(21)19-12-17(22)20-15-8-4-6-13-5-2-3-7-14(13)15/h2-8,18H,9-12H2,1H3,(H,19,21)(H,20,22). The van der Waals surface area contributed by atoms with E-state index in [9.17, 15) is 9.59 Å². The molecule has 2 rings (SSSR count). The molecule has 3 N–H and O–H groups in total. The van der Waals surface area contributed by atoms with Crippen LogP contribution in [0.5, 0.6) is 0 Å². The molecule has 2 aromatic rings. The molecule has 0 spiro atoms. The van der Waals surface area contributed by atoms with Crippen molar-refractivity contribution in [3.05, 3.63) is 42.5 Å². The minimum Gasteiger partial charge on any atom is -0.383 e. The summed E-state index contributed by atoms with van der Waals surface area (Å²) in [6.07, 6.45) is 0. The van der Waals surface area contributed by atoms with Crippen LogP contribution in [0.3, 0.4) is 0 Å². The highest BCUT2D eigenvalue weighted by Crippen LogP contribution is 2.22. The number of amides is 2. The zero-order chi connectivity index (χ0) is 16.5. The van der Waals surface area contributed by atoms with Crippen LogP contribution in [0.25, 0.3) is 10.8 Å². The normalized spacial score (nSPS) is 10.5. The van der Waals surface area contributed by atoms with Crippen LogP contribution >= 0.6 is 0 Å². The molecule has 2 aromatic carbocycles. The monoisotopic (exact) mass is 315 g/mol. The molecule has 0 aliphatic rings. The smallest absolute Gasteiger partial charge is 0.243 e. The second-order valence-corrected chi connectivity index (χ2v) is 5.02. The highest BCUT2D eigenvalue weighted by molar-refractivity contribution is 6.03. The van der Waals surface area contributed by atoms with E-state index < -0.39 is 0 Å². The molecule has 23 heavy (non-hydrogen) atoms. The Balaban J connectivity index is 1.81. The summed E-state index contributed by atoms with van der Waals surface area (Å²) >= 11 is 0. The predicted octanol–water partition coefficient (Wildman–Crippen LogP) is 1.13. The van der Waals surface area contributed by atoms with E-state index in [0.717, 1.165) is 16.5 Å². The van der Waals surface area contributed by atoms with Gasteiger partial charge in [0.15, 0.2) is 0 Å². The zero-order valence-corrected chi connectivity index (χ0v) is 13.1. The maximum absolute atomic E-state index is 12.0. The van der Waals surface area contributed by atoms with Crippen molar-refractivity contribution < 1.29 is 14.3 Å². The van der Waals surface area contributed by atoms with Gasteiger partial charge in [-0.25, -0.2) is 0 Å². The molecule has 0 bridgehead atoms. The van der Waals surface area contributed by atoms with E-state index in [-0.39, 0.29) is 24.9 Å². The number of methoxy groups -OCH3 is 1. The average Bonchev–Trinajstić information content (AvgIpc) is 2.57. The highest BCUT2D eigenvalue weighted by Gasteiger charge is 2.07. The van der Waals surface area contributed by atoms with Crippen LogP contribution in [0.2, 0.25) is 0 Å². The highest BCUT2D eigenvalue weighted by atomic mass is 16.5. The first-order valence-corrected chi connectivity index (χ1v) is 7.44. The first-order chi connectivity index (χ1) is 11.2. The summed E-state index contributed by atoms with van der Waals surface area (Å²) in [4.78, 5) is 23.6. The molecule has 0 unspecified atom stereocenters. The van der Waals surface area contributed by atoms with Gasteiger partial charge in [0, 0.05) is 24.7 Å². The molecular weight excluding hydrogens is 294 g/mol. The van der Waals surface area contributed by atoms with Crippen molar-refractivity contribution in [3.63, 3.8) is 0 Å². The fourth-order valence-corrected chi connectivity index (χ4v) is 2.15. The molecule has 0 heterocycles. The molecule has 0 aliphatic heterocycles. The number of anilines is 1. The first kappa shape index (κ1) is 16.9. The second kappa shape index (κ2) is 8.87. The molecule has 0 atom stereocenters. The van der Waals surface area contributed by atoms with Gasteiger partial charge in [-0.2, -0.15) is 0 Å². The summed E-state index contributed by atoms with van der Waals surface area (Å²) in [5, 5.41) is 10.3. The average molecular weight is 315 g/mol. The fourth-order valence-electron chi connectivity index (χ4n) is 2.15. The predicted molar refractivity (Wildman–Crippen MR) is 90.3 cm³/mol. The maximum atomic E-state index is 12.0. The van der Waals surface area contributed by atoms with E-state index in [1.165, 1.54) is 0 Å². The molecule has 0 radical (unpaired) electrons. The van der Waals surface area contributed by atoms with Crippen LogP contribution in [0.15, 0.2) is 42.5 Å². The van der Waals surface area contributed by atoms with Gasteiger partial charge in [-0.15, -0.1) is 0 Å². The lowest BCUT2D eigenvalue weighted by Gasteiger charge is -2.10. The van der Waals surface area contributed by atoms with Crippen molar-refractivity contribution in [1.29, 1.82) is 0 Å². The number of rotatable bonds is 8. The lowest BCUT2D eigenvalue weighted by atomic mass is 10.1. The van der Waals surface area contributed by atoms with Crippen LogP contribution in [-0.4, -0.2) is 45.2 Å². The Morgan fingerprint density at radius 1 is 1.00 bits per heavy atom. The summed E-state index contributed by atoms with van der Waals surface area (Å²) in [6, 6.07) is 13.5. The van der Waals surface area contributed by atoms with Gasteiger partial charge < -0.3 is 20.7 Å².